The minimum Gasteiger partial charge on any atom is -0.389 e. The molecule has 0 radical (unpaired) electrons. The van der Waals surface area contributed by atoms with Crippen LogP contribution in [0, 0.1) is 10.1 Å². The molecule has 0 N–H and O–H groups in total. The van der Waals surface area contributed by atoms with Crippen LogP contribution in [0.3, 0.4) is 0 Å². The van der Waals surface area contributed by atoms with E-state index in [1.165, 1.54) is 18.2 Å². The van der Waals surface area contributed by atoms with Crippen LogP contribution in [-0.2, 0) is 0 Å². The number of nitrogens with zero attached hydrogens (tertiary/aromatic N) is 2. The number of hydrogen-bond acceptors (Lipinski definition) is 4. The van der Waals surface area contributed by atoms with Gasteiger partial charge in [0, 0.05) is 17.7 Å². The van der Waals surface area contributed by atoms with E-state index in [4.69, 9.17) is 0 Å². The normalized spacial score (nSPS) is 15.7. The Kier molecular flexibility index (Phi) is 3.27. The van der Waals surface area contributed by atoms with Crippen molar-refractivity contribution in [3.63, 3.8) is 0 Å². The SMILES string of the molecule is O=C(C1=CC=CN2C=CC=CB12)c1cccc([N+](=O)[O-])c1. The van der Waals surface area contributed by atoms with E-state index in [0.29, 0.717) is 11.0 Å². The number of fused-ring (bicyclic) bond motifs is 1. The highest BCUT2D eigenvalue weighted by atomic mass is 16.6. The van der Waals surface area contributed by atoms with E-state index in [-0.39, 0.29) is 18.3 Å². The molecule has 0 bridgehead atoms. The van der Waals surface area contributed by atoms with E-state index in [2.05, 4.69) is 0 Å². The fourth-order valence-corrected chi connectivity index (χ4v) is 2.40. The standard InChI is InChI=1S/C15H11BN2O3/c19-15(12-5-3-6-13(11-12)18(20)21)14-7-4-10-17-9-2-1-8-16(14)17/h1-11H. The predicted molar refractivity (Wildman–Crippen MR) is 80.5 cm³/mol. The van der Waals surface area contributed by atoms with Gasteiger partial charge in [0.25, 0.3) is 5.69 Å². The summed E-state index contributed by atoms with van der Waals surface area (Å²) >= 11 is 0. The first-order valence-electron chi connectivity index (χ1n) is 6.47. The number of nitro benzene ring substituents is 1. The molecule has 6 heteroatoms. The Labute approximate surface area is 121 Å². The first-order chi connectivity index (χ1) is 10.2. The van der Waals surface area contributed by atoms with Gasteiger partial charge in [-0.1, -0.05) is 30.3 Å². The fourth-order valence-electron chi connectivity index (χ4n) is 2.40. The van der Waals surface area contributed by atoms with Crippen molar-refractivity contribution >= 4 is 18.3 Å². The van der Waals surface area contributed by atoms with Crippen LogP contribution in [0.15, 0.2) is 72.4 Å². The maximum atomic E-state index is 12.6. The number of nitro groups is 1. The summed E-state index contributed by atoms with van der Waals surface area (Å²) in [5.74, 6) is 1.72. The zero-order valence-electron chi connectivity index (χ0n) is 11.0. The molecule has 0 unspecified atom stereocenters. The molecule has 0 spiro atoms. The molecular weight excluding hydrogens is 267 g/mol. The minimum atomic E-state index is -0.499. The number of ketones is 1. The van der Waals surface area contributed by atoms with Gasteiger partial charge in [0.15, 0.2) is 5.78 Å². The lowest BCUT2D eigenvalue weighted by Crippen LogP contribution is -2.37. The number of allylic oxidation sites excluding steroid dienone is 5. The molecule has 3 rings (SSSR count). The van der Waals surface area contributed by atoms with E-state index in [9.17, 15) is 14.9 Å². The summed E-state index contributed by atoms with van der Waals surface area (Å²) < 4.78 is 0. The molecular formula is C15H11BN2O3. The highest BCUT2D eigenvalue weighted by Gasteiger charge is 2.30. The van der Waals surface area contributed by atoms with Gasteiger partial charge in [-0.05, 0) is 30.0 Å². The second-order valence-corrected chi connectivity index (χ2v) is 4.72. The lowest BCUT2D eigenvalue weighted by Gasteiger charge is -2.28. The second-order valence-electron chi connectivity index (χ2n) is 4.72. The third-order valence-corrected chi connectivity index (χ3v) is 3.42. The largest absolute Gasteiger partial charge is 0.389 e. The zero-order valence-corrected chi connectivity index (χ0v) is 11.0. The molecule has 2 aliphatic rings. The number of carbonyl (C=O) groups is 1. The summed E-state index contributed by atoms with van der Waals surface area (Å²) in [6, 6.07) is 5.82. The van der Waals surface area contributed by atoms with Crippen molar-refractivity contribution < 1.29 is 9.72 Å². The Morgan fingerprint density at radius 1 is 1.19 bits per heavy atom. The van der Waals surface area contributed by atoms with Gasteiger partial charge in [-0.15, -0.1) is 0 Å². The smallest absolute Gasteiger partial charge is 0.323 e. The van der Waals surface area contributed by atoms with Crippen molar-refractivity contribution in [2.75, 3.05) is 0 Å². The Hall–Kier alpha value is -2.89. The number of non-ortho nitro benzene ring substituents is 1. The minimum absolute atomic E-state index is 0.0799. The monoisotopic (exact) mass is 278 g/mol. The molecule has 0 amide bonds. The topological polar surface area (TPSA) is 63.5 Å². The Balaban J connectivity index is 1.95. The Morgan fingerprint density at radius 2 is 2.00 bits per heavy atom. The molecule has 21 heavy (non-hydrogen) atoms. The Bertz CT molecular complexity index is 734. The molecule has 102 valence electrons. The highest BCUT2D eigenvalue weighted by Crippen LogP contribution is 2.23. The average Bonchev–Trinajstić information content (AvgIpc) is 2.53. The molecule has 5 nitrogen and oxygen atoms in total. The molecule has 1 aromatic rings. The summed E-state index contributed by atoms with van der Waals surface area (Å²) in [4.78, 5) is 24.9. The lowest BCUT2D eigenvalue weighted by atomic mass is 9.50. The van der Waals surface area contributed by atoms with Crippen molar-refractivity contribution in [3.8, 4) is 0 Å². The third kappa shape index (κ3) is 2.43. The molecule has 0 atom stereocenters. The van der Waals surface area contributed by atoms with E-state index in [1.54, 1.807) is 18.2 Å². The number of benzene rings is 1. The van der Waals surface area contributed by atoms with Gasteiger partial charge in [0.2, 0.25) is 0 Å². The lowest BCUT2D eigenvalue weighted by molar-refractivity contribution is -0.384. The average molecular weight is 278 g/mol. The molecule has 0 saturated heterocycles. The quantitative estimate of drug-likeness (QED) is 0.369. The molecule has 0 fully saturated rings. The molecule has 2 aliphatic heterocycles. The van der Waals surface area contributed by atoms with Gasteiger partial charge in [-0.3, -0.25) is 14.9 Å². The van der Waals surface area contributed by atoms with Crippen LogP contribution in [0.2, 0.25) is 0 Å². The molecule has 1 aromatic carbocycles. The summed E-state index contributed by atoms with van der Waals surface area (Å²) in [6.45, 7) is -0.160. The third-order valence-electron chi connectivity index (χ3n) is 3.42. The highest BCUT2D eigenvalue weighted by molar-refractivity contribution is 6.76. The number of rotatable bonds is 3. The molecule has 0 aromatic heterocycles. The van der Waals surface area contributed by atoms with Crippen molar-refractivity contribution in [1.29, 1.82) is 0 Å². The summed E-state index contributed by atoms with van der Waals surface area (Å²) in [5, 5.41) is 10.8. The first kappa shape index (κ1) is 13.1. The van der Waals surface area contributed by atoms with E-state index in [0.717, 1.165) is 0 Å². The van der Waals surface area contributed by atoms with Gasteiger partial charge in [0.1, 0.15) is 0 Å². The van der Waals surface area contributed by atoms with Gasteiger partial charge in [-0.2, -0.15) is 0 Å². The van der Waals surface area contributed by atoms with Crippen LogP contribution in [0.4, 0.5) is 5.69 Å². The maximum absolute atomic E-state index is 12.6. The maximum Gasteiger partial charge on any atom is 0.323 e. The van der Waals surface area contributed by atoms with Crippen molar-refractivity contribution in [1.82, 2.24) is 4.81 Å². The van der Waals surface area contributed by atoms with E-state index < -0.39 is 4.92 Å². The van der Waals surface area contributed by atoms with Crippen LogP contribution >= 0.6 is 0 Å². The summed E-state index contributed by atoms with van der Waals surface area (Å²) in [6.07, 6.45) is 11.1. The molecule has 2 heterocycles. The van der Waals surface area contributed by atoms with Gasteiger partial charge in [0.05, 0.1) is 4.92 Å². The molecule has 0 aliphatic carbocycles. The van der Waals surface area contributed by atoms with Crippen molar-refractivity contribution in [3.05, 3.63) is 88.1 Å². The predicted octanol–water partition coefficient (Wildman–Crippen LogP) is 2.69. The number of carbonyl (C=O) groups excluding carboxylic acids is 1. The second kappa shape index (κ2) is 5.24. The van der Waals surface area contributed by atoms with Crippen LogP contribution in [0.5, 0.6) is 0 Å². The van der Waals surface area contributed by atoms with Gasteiger partial charge < -0.3 is 4.81 Å². The van der Waals surface area contributed by atoms with Crippen LogP contribution < -0.4 is 0 Å². The fraction of sp³-hybridized carbons (Fsp3) is 0. The zero-order chi connectivity index (χ0) is 14.8. The van der Waals surface area contributed by atoms with E-state index in [1.807, 2.05) is 35.3 Å². The van der Waals surface area contributed by atoms with E-state index >= 15 is 0 Å². The summed E-state index contributed by atoms with van der Waals surface area (Å²) in [5.41, 5.74) is 0.844. The summed E-state index contributed by atoms with van der Waals surface area (Å²) in [7, 11) is 0. The van der Waals surface area contributed by atoms with Gasteiger partial charge in [-0.25, -0.2) is 0 Å². The number of hydrogen-bond donors (Lipinski definition) is 0. The Morgan fingerprint density at radius 3 is 2.81 bits per heavy atom. The van der Waals surface area contributed by atoms with Crippen LogP contribution in [0.25, 0.3) is 0 Å². The molecule has 0 saturated carbocycles. The van der Waals surface area contributed by atoms with Crippen LogP contribution in [-0.4, -0.2) is 22.4 Å². The van der Waals surface area contributed by atoms with Crippen molar-refractivity contribution in [2.24, 2.45) is 0 Å². The number of Topliss-reactive ketones (excluding diaryl/α,β-unsaturated/α-hetero) is 1. The first-order valence-corrected chi connectivity index (χ1v) is 6.47. The van der Waals surface area contributed by atoms with Crippen LogP contribution in [0.1, 0.15) is 10.4 Å². The van der Waals surface area contributed by atoms with Gasteiger partial charge >= 0.3 is 6.85 Å². The van der Waals surface area contributed by atoms with Crippen molar-refractivity contribution in [2.45, 2.75) is 0 Å².